The lowest BCUT2D eigenvalue weighted by atomic mass is 10.1. The Morgan fingerprint density at radius 1 is 1.23 bits per heavy atom. The van der Waals surface area contributed by atoms with E-state index in [1.165, 1.54) is 10.4 Å². The fraction of sp³-hybridized carbons (Fsp3) is 0.188. The van der Waals surface area contributed by atoms with Crippen LogP contribution in [0.25, 0.3) is 10.2 Å². The van der Waals surface area contributed by atoms with Crippen LogP contribution in [0.4, 0.5) is 5.82 Å². The molecule has 0 radical (unpaired) electrons. The summed E-state index contributed by atoms with van der Waals surface area (Å²) in [6.07, 6.45) is 1.56. The van der Waals surface area contributed by atoms with E-state index in [-0.39, 0.29) is 0 Å². The van der Waals surface area contributed by atoms with Crippen LogP contribution >= 0.6 is 22.9 Å². The average molecular weight is 331 g/mol. The topological polar surface area (TPSA) is 50.2 Å². The van der Waals surface area contributed by atoms with Gasteiger partial charge < -0.3 is 0 Å². The molecule has 2 heterocycles. The summed E-state index contributed by atoms with van der Waals surface area (Å²) in [4.78, 5) is 10.8. The molecule has 112 valence electrons. The third-order valence-electron chi connectivity index (χ3n) is 3.56. The van der Waals surface area contributed by atoms with Crippen molar-refractivity contribution in [2.75, 3.05) is 5.43 Å². The Kier molecular flexibility index (Phi) is 4.09. The number of anilines is 1. The maximum Gasteiger partial charge on any atom is 0.158 e. The van der Waals surface area contributed by atoms with Crippen LogP contribution in [0.15, 0.2) is 35.7 Å². The van der Waals surface area contributed by atoms with E-state index in [0.29, 0.717) is 5.02 Å². The Hall–Kier alpha value is -1.98. The van der Waals surface area contributed by atoms with E-state index < -0.39 is 0 Å². The van der Waals surface area contributed by atoms with Crippen LogP contribution < -0.4 is 5.43 Å². The van der Waals surface area contributed by atoms with Gasteiger partial charge in [0.25, 0.3) is 0 Å². The third kappa shape index (κ3) is 2.69. The molecule has 0 saturated heterocycles. The molecule has 1 aromatic carbocycles. The molecular weight excluding hydrogens is 316 g/mol. The molecule has 4 nitrogen and oxygen atoms in total. The van der Waals surface area contributed by atoms with Crippen molar-refractivity contribution < 1.29 is 0 Å². The third-order valence-corrected chi connectivity index (χ3v) is 5.00. The molecule has 0 bridgehead atoms. The number of hydrogen-bond donors (Lipinski definition) is 1. The van der Waals surface area contributed by atoms with E-state index in [1.54, 1.807) is 17.7 Å². The highest BCUT2D eigenvalue weighted by Crippen LogP contribution is 2.32. The molecule has 0 atom stereocenters. The zero-order valence-electron chi connectivity index (χ0n) is 12.5. The van der Waals surface area contributed by atoms with Crippen molar-refractivity contribution in [2.24, 2.45) is 5.10 Å². The van der Waals surface area contributed by atoms with Gasteiger partial charge in [0, 0.05) is 15.5 Å². The number of rotatable bonds is 3. The minimum Gasteiger partial charge on any atom is -0.260 e. The van der Waals surface area contributed by atoms with Crippen LogP contribution in [0.1, 0.15) is 22.9 Å². The predicted molar refractivity (Wildman–Crippen MR) is 94.2 cm³/mol. The molecule has 0 unspecified atom stereocenters. The Balaban J connectivity index is 1.97. The molecule has 1 N–H and O–H groups in total. The molecular formula is C16H15ClN4S. The maximum absolute atomic E-state index is 6.19. The van der Waals surface area contributed by atoms with Gasteiger partial charge in [-0.05, 0) is 32.4 Å². The van der Waals surface area contributed by atoms with Gasteiger partial charge in [-0.3, -0.25) is 5.43 Å². The Labute approximate surface area is 137 Å². The molecule has 0 amide bonds. The molecule has 22 heavy (non-hydrogen) atoms. The van der Waals surface area contributed by atoms with E-state index in [4.69, 9.17) is 11.6 Å². The first-order valence-corrected chi connectivity index (χ1v) is 8.03. The normalized spacial score (nSPS) is 11.9. The molecule has 0 aliphatic rings. The summed E-state index contributed by atoms with van der Waals surface area (Å²) >= 11 is 7.86. The largest absolute Gasteiger partial charge is 0.260 e. The number of nitrogens with one attached hydrogen (secondary N) is 1. The first kappa shape index (κ1) is 14.9. The highest BCUT2D eigenvalue weighted by molar-refractivity contribution is 7.18. The molecule has 0 saturated carbocycles. The number of thiophene rings is 1. The number of aromatic nitrogens is 2. The lowest BCUT2D eigenvalue weighted by Crippen LogP contribution is -2.02. The van der Waals surface area contributed by atoms with Gasteiger partial charge in [0.15, 0.2) is 5.82 Å². The fourth-order valence-corrected chi connectivity index (χ4v) is 3.49. The van der Waals surface area contributed by atoms with Crippen LogP contribution in [0, 0.1) is 13.8 Å². The van der Waals surface area contributed by atoms with Crippen molar-refractivity contribution >= 4 is 44.7 Å². The van der Waals surface area contributed by atoms with Gasteiger partial charge in [-0.25, -0.2) is 9.97 Å². The lowest BCUT2D eigenvalue weighted by molar-refractivity contribution is 1.18. The van der Waals surface area contributed by atoms with Crippen molar-refractivity contribution in [3.8, 4) is 0 Å². The first-order valence-electron chi connectivity index (χ1n) is 6.84. The Bertz CT molecular complexity index is 870. The number of nitrogens with zero attached hydrogens (tertiary/aromatic N) is 3. The van der Waals surface area contributed by atoms with Crippen molar-refractivity contribution in [1.82, 2.24) is 9.97 Å². The molecule has 0 spiro atoms. The zero-order valence-corrected chi connectivity index (χ0v) is 14.1. The van der Waals surface area contributed by atoms with Gasteiger partial charge in [0.05, 0.1) is 11.1 Å². The van der Waals surface area contributed by atoms with E-state index in [9.17, 15) is 0 Å². The highest BCUT2D eigenvalue weighted by Gasteiger charge is 2.11. The van der Waals surface area contributed by atoms with Gasteiger partial charge in [0.2, 0.25) is 0 Å². The van der Waals surface area contributed by atoms with E-state index in [2.05, 4.69) is 34.3 Å². The number of aryl methyl sites for hydroxylation is 2. The van der Waals surface area contributed by atoms with E-state index in [1.807, 2.05) is 31.2 Å². The summed E-state index contributed by atoms with van der Waals surface area (Å²) in [6.45, 7) is 6.08. The summed E-state index contributed by atoms with van der Waals surface area (Å²) in [7, 11) is 0. The number of fused-ring (bicyclic) bond motifs is 1. The minimum absolute atomic E-state index is 0.681. The standard InChI is InChI=1S/C16H15ClN4S/c1-9-11(3)22-16-14(9)15(18-8-19-16)21-20-10(2)12-6-4-5-7-13(12)17/h4-8H,1-3H3,(H,18,19,21)/b20-10+. The van der Waals surface area contributed by atoms with Crippen LogP contribution in [0.3, 0.4) is 0 Å². The van der Waals surface area contributed by atoms with Gasteiger partial charge in [0.1, 0.15) is 11.2 Å². The predicted octanol–water partition coefficient (Wildman–Crippen LogP) is 4.80. The van der Waals surface area contributed by atoms with Crippen LogP contribution in [0.5, 0.6) is 0 Å². The molecule has 0 aliphatic heterocycles. The average Bonchev–Trinajstić information content (AvgIpc) is 2.81. The minimum atomic E-state index is 0.681. The summed E-state index contributed by atoms with van der Waals surface area (Å²) in [6, 6.07) is 7.64. The number of hydrazone groups is 1. The van der Waals surface area contributed by atoms with Gasteiger partial charge >= 0.3 is 0 Å². The smallest absolute Gasteiger partial charge is 0.158 e. The van der Waals surface area contributed by atoms with Gasteiger partial charge in [-0.15, -0.1) is 11.3 Å². The molecule has 3 rings (SSSR count). The van der Waals surface area contributed by atoms with Gasteiger partial charge in [-0.1, -0.05) is 29.8 Å². The monoisotopic (exact) mass is 330 g/mol. The number of hydrogen-bond acceptors (Lipinski definition) is 5. The molecule has 0 fully saturated rings. The summed E-state index contributed by atoms with van der Waals surface area (Å²) in [5.74, 6) is 0.721. The number of benzene rings is 1. The van der Waals surface area contributed by atoms with Crippen molar-refractivity contribution in [2.45, 2.75) is 20.8 Å². The fourth-order valence-electron chi connectivity index (χ4n) is 2.22. The van der Waals surface area contributed by atoms with Crippen molar-refractivity contribution in [1.29, 1.82) is 0 Å². The molecule has 2 aromatic heterocycles. The zero-order chi connectivity index (χ0) is 15.7. The van der Waals surface area contributed by atoms with Crippen LogP contribution in [-0.4, -0.2) is 15.7 Å². The number of halogens is 1. The second-order valence-corrected chi connectivity index (χ2v) is 6.58. The Morgan fingerprint density at radius 3 is 2.77 bits per heavy atom. The van der Waals surface area contributed by atoms with Crippen molar-refractivity contribution in [3.05, 3.63) is 51.6 Å². The lowest BCUT2D eigenvalue weighted by Gasteiger charge is -2.06. The molecule has 0 aliphatic carbocycles. The summed E-state index contributed by atoms with van der Waals surface area (Å²) in [5, 5.41) is 6.13. The quantitative estimate of drug-likeness (QED) is 0.554. The van der Waals surface area contributed by atoms with Gasteiger partial charge in [-0.2, -0.15) is 5.10 Å². The summed E-state index contributed by atoms with van der Waals surface area (Å²) in [5.41, 5.74) is 5.95. The maximum atomic E-state index is 6.19. The van der Waals surface area contributed by atoms with Crippen LogP contribution in [-0.2, 0) is 0 Å². The van der Waals surface area contributed by atoms with Crippen molar-refractivity contribution in [3.63, 3.8) is 0 Å². The highest BCUT2D eigenvalue weighted by atomic mass is 35.5. The second kappa shape index (κ2) is 6.02. The first-order chi connectivity index (χ1) is 10.6. The van der Waals surface area contributed by atoms with E-state index >= 15 is 0 Å². The van der Waals surface area contributed by atoms with E-state index in [0.717, 1.165) is 27.3 Å². The molecule has 6 heteroatoms. The van der Waals surface area contributed by atoms with Crippen LogP contribution in [0.2, 0.25) is 5.02 Å². The summed E-state index contributed by atoms with van der Waals surface area (Å²) < 4.78 is 0. The second-order valence-electron chi connectivity index (χ2n) is 4.97. The Morgan fingerprint density at radius 2 is 2.00 bits per heavy atom. The SMILES string of the molecule is C/C(=N\Nc1ncnc2sc(C)c(C)c12)c1ccccc1Cl. The molecule has 3 aromatic rings.